The molecule has 0 bridgehead atoms. The highest BCUT2D eigenvalue weighted by molar-refractivity contribution is 6.04. The average molecular weight is 472 g/mol. The van der Waals surface area contributed by atoms with Gasteiger partial charge in [-0.2, -0.15) is 13.2 Å². The molecule has 0 spiro atoms. The third kappa shape index (κ3) is 4.50. The molecule has 2 aromatic rings. The molecule has 1 amide bonds. The van der Waals surface area contributed by atoms with Gasteiger partial charge in [-0.05, 0) is 50.1 Å². The summed E-state index contributed by atoms with van der Waals surface area (Å²) in [5.41, 5.74) is 1.14. The molecular formula is C26H28F3N3O2. The van der Waals surface area contributed by atoms with Gasteiger partial charge in [0.15, 0.2) is 5.75 Å². The molecular weight excluding hydrogens is 443 g/mol. The van der Waals surface area contributed by atoms with E-state index in [0.717, 1.165) is 48.9 Å². The maximum Gasteiger partial charge on any atom is 0.416 e. The number of alkyl halides is 3. The molecule has 34 heavy (non-hydrogen) atoms. The van der Waals surface area contributed by atoms with Crippen LogP contribution in [0.4, 0.5) is 18.9 Å². The van der Waals surface area contributed by atoms with E-state index in [-0.39, 0.29) is 17.5 Å². The zero-order valence-corrected chi connectivity index (χ0v) is 19.2. The average Bonchev–Trinajstić information content (AvgIpc) is 3.00. The monoisotopic (exact) mass is 471 g/mol. The van der Waals surface area contributed by atoms with Crippen molar-refractivity contribution in [3.8, 4) is 11.5 Å². The van der Waals surface area contributed by atoms with Gasteiger partial charge in [0.05, 0.1) is 11.1 Å². The van der Waals surface area contributed by atoms with Crippen LogP contribution in [0.5, 0.6) is 11.5 Å². The van der Waals surface area contributed by atoms with Crippen LogP contribution < -0.4 is 4.74 Å². The van der Waals surface area contributed by atoms with E-state index in [1.807, 2.05) is 30.0 Å². The third-order valence-electron chi connectivity index (χ3n) is 6.95. The largest absolute Gasteiger partial charge is 0.454 e. The predicted molar refractivity (Wildman–Crippen MR) is 124 cm³/mol. The summed E-state index contributed by atoms with van der Waals surface area (Å²) in [5.74, 6) is 1.80. The summed E-state index contributed by atoms with van der Waals surface area (Å²) >= 11 is 0. The predicted octanol–water partition coefficient (Wildman–Crippen LogP) is 5.92. The number of rotatable bonds is 1. The maximum atomic E-state index is 13.4. The lowest BCUT2D eigenvalue weighted by Gasteiger charge is -2.38. The summed E-state index contributed by atoms with van der Waals surface area (Å²) in [6.45, 7) is 4.24. The Morgan fingerprint density at radius 2 is 1.68 bits per heavy atom. The van der Waals surface area contributed by atoms with Gasteiger partial charge in [0.1, 0.15) is 17.3 Å². The molecule has 0 atom stereocenters. The van der Waals surface area contributed by atoms with E-state index in [2.05, 4.69) is 4.90 Å². The fraction of sp³-hybridized carbons (Fsp3) is 0.462. The van der Waals surface area contributed by atoms with Crippen molar-refractivity contribution in [3.05, 3.63) is 53.1 Å². The summed E-state index contributed by atoms with van der Waals surface area (Å²) in [6, 6.07) is 9.07. The van der Waals surface area contributed by atoms with Crippen LogP contribution in [0.1, 0.15) is 48.8 Å². The number of ether oxygens (including phenoxy) is 1. The first kappa shape index (κ1) is 22.7. The quantitative estimate of drug-likeness (QED) is 0.519. The first-order valence-corrected chi connectivity index (χ1v) is 11.9. The summed E-state index contributed by atoms with van der Waals surface area (Å²) < 4.78 is 46.1. The highest BCUT2D eigenvalue weighted by Gasteiger charge is 2.34. The van der Waals surface area contributed by atoms with Crippen molar-refractivity contribution in [2.24, 2.45) is 10.9 Å². The van der Waals surface area contributed by atoms with Gasteiger partial charge in [-0.3, -0.25) is 4.79 Å². The van der Waals surface area contributed by atoms with E-state index in [1.54, 1.807) is 0 Å². The van der Waals surface area contributed by atoms with Crippen molar-refractivity contribution in [3.63, 3.8) is 0 Å². The summed E-state index contributed by atoms with van der Waals surface area (Å²) in [6.07, 6.45) is 0.898. The van der Waals surface area contributed by atoms with Crippen LogP contribution in [-0.2, 0) is 11.0 Å². The zero-order valence-electron chi connectivity index (χ0n) is 19.2. The molecule has 3 aliphatic rings. The van der Waals surface area contributed by atoms with Crippen molar-refractivity contribution >= 4 is 17.4 Å². The van der Waals surface area contributed by atoms with Crippen LogP contribution in [0.3, 0.4) is 0 Å². The van der Waals surface area contributed by atoms with Crippen LogP contribution in [0.25, 0.3) is 0 Å². The molecule has 2 aromatic carbocycles. The molecule has 180 valence electrons. The third-order valence-corrected chi connectivity index (χ3v) is 6.95. The number of amides is 1. The van der Waals surface area contributed by atoms with Gasteiger partial charge in [0, 0.05) is 32.1 Å². The molecule has 2 aliphatic heterocycles. The molecule has 8 heteroatoms. The first-order chi connectivity index (χ1) is 16.3. The highest BCUT2D eigenvalue weighted by atomic mass is 19.4. The van der Waals surface area contributed by atoms with Gasteiger partial charge >= 0.3 is 6.18 Å². The van der Waals surface area contributed by atoms with Crippen LogP contribution >= 0.6 is 0 Å². The Hall–Kier alpha value is -3.03. The molecule has 1 saturated carbocycles. The number of nitrogens with zero attached hydrogens (tertiary/aromatic N) is 3. The Morgan fingerprint density at radius 1 is 0.971 bits per heavy atom. The molecule has 5 rings (SSSR count). The minimum absolute atomic E-state index is 0.125. The van der Waals surface area contributed by atoms with E-state index < -0.39 is 11.7 Å². The number of amidine groups is 1. The second-order valence-corrected chi connectivity index (χ2v) is 9.36. The van der Waals surface area contributed by atoms with Gasteiger partial charge in [-0.1, -0.05) is 30.9 Å². The molecule has 5 nitrogen and oxygen atoms in total. The van der Waals surface area contributed by atoms with Crippen molar-refractivity contribution in [1.82, 2.24) is 9.80 Å². The van der Waals surface area contributed by atoms with Crippen molar-refractivity contribution in [2.75, 3.05) is 26.2 Å². The van der Waals surface area contributed by atoms with Crippen LogP contribution in [0.2, 0.25) is 0 Å². The number of aryl methyl sites for hydroxylation is 1. The Bertz CT molecular complexity index is 1110. The highest BCUT2D eigenvalue weighted by Crippen LogP contribution is 2.42. The van der Waals surface area contributed by atoms with Crippen LogP contribution in [0, 0.1) is 12.8 Å². The number of piperazine rings is 1. The topological polar surface area (TPSA) is 45.1 Å². The number of carbonyl (C=O) groups is 1. The van der Waals surface area contributed by atoms with Gasteiger partial charge < -0.3 is 14.5 Å². The zero-order chi connectivity index (χ0) is 23.9. The number of carbonyl (C=O) groups excluding carboxylic acids is 1. The van der Waals surface area contributed by atoms with Gasteiger partial charge in [0.25, 0.3) is 0 Å². The van der Waals surface area contributed by atoms with Crippen molar-refractivity contribution in [2.45, 2.75) is 45.2 Å². The second-order valence-electron chi connectivity index (χ2n) is 9.36. The Balaban J connectivity index is 1.44. The van der Waals surface area contributed by atoms with Gasteiger partial charge in [-0.15, -0.1) is 0 Å². The number of hydrogen-bond acceptors (Lipinski definition) is 4. The minimum atomic E-state index is -4.47. The van der Waals surface area contributed by atoms with E-state index in [4.69, 9.17) is 9.73 Å². The van der Waals surface area contributed by atoms with E-state index in [1.165, 1.54) is 12.5 Å². The standard InChI is InChI=1S/C26H28F3N3O2/c1-17-7-9-22-20(15-17)24(30-21-16-19(26(27,28)29)8-10-23(21)34-22)31-11-13-32(14-12-31)25(33)18-5-3-2-4-6-18/h7-10,15-16,18H,2-6,11-14H2,1H3. The van der Waals surface area contributed by atoms with Gasteiger partial charge in [-0.25, -0.2) is 4.99 Å². The lowest BCUT2D eigenvalue weighted by Crippen LogP contribution is -2.52. The molecule has 0 N–H and O–H groups in total. The molecule has 2 heterocycles. The number of hydrogen-bond donors (Lipinski definition) is 0. The van der Waals surface area contributed by atoms with Crippen molar-refractivity contribution < 1.29 is 22.7 Å². The number of aliphatic imine (C=N–C) groups is 1. The Kier molecular flexibility index (Phi) is 6.00. The lowest BCUT2D eigenvalue weighted by atomic mass is 9.88. The number of benzene rings is 2. The fourth-order valence-corrected chi connectivity index (χ4v) is 5.06. The molecule has 0 unspecified atom stereocenters. The number of halogens is 3. The van der Waals surface area contributed by atoms with E-state index in [9.17, 15) is 18.0 Å². The fourth-order valence-electron chi connectivity index (χ4n) is 5.06. The summed E-state index contributed by atoms with van der Waals surface area (Å²) in [7, 11) is 0. The smallest absolute Gasteiger partial charge is 0.416 e. The Morgan fingerprint density at radius 3 is 2.38 bits per heavy atom. The van der Waals surface area contributed by atoms with Crippen LogP contribution in [0.15, 0.2) is 41.4 Å². The van der Waals surface area contributed by atoms with E-state index in [0.29, 0.717) is 43.5 Å². The summed E-state index contributed by atoms with van der Waals surface area (Å²) in [4.78, 5) is 21.7. The normalized spacial score (nSPS) is 19.0. The SMILES string of the molecule is Cc1ccc2c(c1)C(N1CCN(C(=O)C3CCCCC3)CC1)=Nc1cc(C(F)(F)F)ccc1O2. The second kappa shape index (κ2) is 8.96. The minimum Gasteiger partial charge on any atom is -0.454 e. The Labute approximate surface area is 197 Å². The van der Waals surface area contributed by atoms with Crippen molar-refractivity contribution in [1.29, 1.82) is 0 Å². The molecule has 1 aliphatic carbocycles. The number of fused-ring (bicyclic) bond motifs is 2. The molecule has 0 radical (unpaired) electrons. The molecule has 2 fully saturated rings. The van der Waals surface area contributed by atoms with E-state index >= 15 is 0 Å². The van der Waals surface area contributed by atoms with Gasteiger partial charge in [0.2, 0.25) is 5.91 Å². The van der Waals surface area contributed by atoms with Crippen LogP contribution in [-0.4, -0.2) is 47.7 Å². The molecule has 1 saturated heterocycles. The summed E-state index contributed by atoms with van der Waals surface area (Å²) in [5, 5.41) is 0. The maximum absolute atomic E-state index is 13.4. The molecule has 0 aromatic heterocycles. The first-order valence-electron chi connectivity index (χ1n) is 11.9. The lowest BCUT2D eigenvalue weighted by molar-refractivity contribution is -0.138.